The third-order valence-electron chi connectivity index (χ3n) is 3.87. The van der Waals surface area contributed by atoms with Gasteiger partial charge in [-0.1, -0.05) is 13.0 Å². The second-order valence-corrected chi connectivity index (χ2v) is 5.44. The van der Waals surface area contributed by atoms with Gasteiger partial charge in [-0.3, -0.25) is 4.79 Å². The molecule has 1 aliphatic heterocycles. The van der Waals surface area contributed by atoms with Gasteiger partial charge in [0.15, 0.2) is 11.6 Å². The minimum atomic E-state index is -1.01. The van der Waals surface area contributed by atoms with Crippen LogP contribution < -0.4 is 10.6 Å². The molecule has 118 valence electrons. The number of benzene rings is 1. The van der Waals surface area contributed by atoms with Crippen molar-refractivity contribution >= 4 is 24.0 Å². The summed E-state index contributed by atoms with van der Waals surface area (Å²) in [4.78, 5) is 11.9. The summed E-state index contributed by atoms with van der Waals surface area (Å²) in [5, 5.41) is 5.76. The van der Waals surface area contributed by atoms with Crippen LogP contribution in [-0.4, -0.2) is 19.0 Å². The Kier molecular flexibility index (Phi) is 7.05. The van der Waals surface area contributed by atoms with E-state index in [-0.39, 0.29) is 29.9 Å². The van der Waals surface area contributed by atoms with Crippen LogP contribution in [0.5, 0.6) is 0 Å². The molecule has 0 aromatic heterocycles. The molecular formula is C15H21ClF2N2O. The molecule has 2 atom stereocenters. The number of carbonyl (C=O) groups is 1. The first-order valence-corrected chi connectivity index (χ1v) is 7.02. The Labute approximate surface area is 129 Å². The van der Waals surface area contributed by atoms with E-state index in [1.807, 2.05) is 6.92 Å². The SMILES string of the molecule is CC(CC(=O)Nc1cccc(F)c1F)C1CCCNC1.Cl. The molecule has 2 N–H and O–H groups in total. The number of nitrogens with one attached hydrogen (secondary N) is 2. The summed E-state index contributed by atoms with van der Waals surface area (Å²) >= 11 is 0. The average Bonchev–Trinajstić information content (AvgIpc) is 2.45. The van der Waals surface area contributed by atoms with E-state index in [1.165, 1.54) is 12.1 Å². The van der Waals surface area contributed by atoms with Gasteiger partial charge in [0.1, 0.15) is 0 Å². The van der Waals surface area contributed by atoms with E-state index in [0.29, 0.717) is 12.3 Å². The molecule has 6 heteroatoms. The van der Waals surface area contributed by atoms with Crippen LogP contribution in [0.15, 0.2) is 18.2 Å². The van der Waals surface area contributed by atoms with Crippen LogP contribution in [0, 0.1) is 23.5 Å². The average molecular weight is 319 g/mol. The van der Waals surface area contributed by atoms with E-state index < -0.39 is 11.6 Å². The van der Waals surface area contributed by atoms with Crippen LogP contribution in [0.4, 0.5) is 14.5 Å². The van der Waals surface area contributed by atoms with Crippen LogP contribution in [0.2, 0.25) is 0 Å². The van der Waals surface area contributed by atoms with Crippen molar-refractivity contribution in [3.05, 3.63) is 29.8 Å². The number of hydrogen-bond acceptors (Lipinski definition) is 2. The highest BCUT2D eigenvalue weighted by molar-refractivity contribution is 5.90. The van der Waals surface area contributed by atoms with Gasteiger partial charge >= 0.3 is 0 Å². The first-order chi connectivity index (χ1) is 9.58. The van der Waals surface area contributed by atoms with Crippen molar-refractivity contribution in [2.45, 2.75) is 26.2 Å². The summed E-state index contributed by atoms with van der Waals surface area (Å²) in [6.07, 6.45) is 2.55. The summed E-state index contributed by atoms with van der Waals surface area (Å²) in [5.74, 6) is -1.54. The van der Waals surface area contributed by atoms with Gasteiger partial charge in [0.2, 0.25) is 5.91 Å². The lowest BCUT2D eigenvalue weighted by molar-refractivity contribution is -0.117. The molecule has 1 aromatic carbocycles. The van der Waals surface area contributed by atoms with Gasteiger partial charge in [-0.05, 0) is 49.9 Å². The minimum absolute atomic E-state index is 0. The molecule has 1 aromatic rings. The number of piperidine rings is 1. The fourth-order valence-corrected chi connectivity index (χ4v) is 2.63. The number of halogens is 3. The zero-order valence-corrected chi connectivity index (χ0v) is 12.8. The van der Waals surface area contributed by atoms with Gasteiger partial charge in [0.05, 0.1) is 5.69 Å². The lowest BCUT2D eigenvalue weighted by Crippen LogP contribution is -2.34. The number of carbonyl (C=O) groups excluding carboxylic acids is 1. The fraction of sp³-hybridized carbons (Fsp3) is 0.533. The van der Waals surface area contributed by atoms with Gasteiger partial charge in [0, 0.05) is 6.42 Å². The van der Waals surface area contributed by atoms with Crippen molar-refractivity contribution in [3.63, 3.8) is 0 Å². The number of amides is 1. The van der Waals surface area contributed by atoms with E-state index in [4.69, 9.17) is 0 Å². The molecule has 1 saturated heterocycles. The highest BCUT2D eigenvalue weighted by Crippen LogP contribution is 2.23. The molecule has 1 amide bonds. The van der Waals surface area contributed by atoms with Crippen LogP contribution in [0.1, 0.15) is 26.2 Å². The Morgan fingerprint density at radius 1 is 1.48 bits per heavy atom. The summed E-state index contributed by atoms with van der Waals surface area (Å²) in [6.45, 7) is 3.98. The molecule has 0 radical (unpaired) electrons. The summed E-state index contributed by atoms with van der Waals surface area (Å²) in [6, 6.07) is 3.77. The lowest BCUT2D eigenvalue weighted by atomic mass is 9.85. The largest absolute Gasteiger partial charge is 0.323 e. The summed E-state index contributed by atoms with van der Waals surface area (Å²) in [5.41, 5.74) is -0.0935. The maximum atomic E-state index is 13.5. The Hall–Kier alpha value is -1.20. The molecule has 0 aliphatic carbocycles. The zero-order chi connectivity index (χ0) is 14.5. The molecule has 3 nitrogen and oxygen atoms in total. The highest BCUT2D eigenvalue weighted by Gasteiger charge is 2.22. The van der Waals surface area contributed by atoms with E-state index >= 15 is 0 Å². The first-order valence-electron chi connectivity index (χ1n) is 7.02. The zero-order valence-electron chi connectivity index (χ0n) is 12.0. The van der Waals surface area contributed by atoms with Crippen molar-refractivity contribution in [1.29, 1.82) is 0 Å². The third-order valence-corrected chi connectivity index (χ3v) is 3.87. The molecule has 1 fully saturated rings. The van der Waals surface area contributed by atoms with E-state index in [9.17, 15) is 13.6 Å². The molecule has 21 heavy (non-hydrogen) atoms. The van der Waals surface area contributed by atoms with Crippen LogP contribution >= 0.6 is 12.4 Å². The topological polar surface area (TPSA) is 41.1 Å². The minimum Gasteiger partial charge on any atom is -0.323 e. The molecular weight excluding hydrogens is 298 g/mol. The molecule has 0 spiro atoms. The quantitative estimate of drug-likeness (QED) is 0.894. The second kappa shape index (κ2) is 8.29. The van der Waals surface area contributed by atoms with Crippen molar-refractivity contribution in [1.82, 2.24) is 5.32 Å². The number of anilines is 1. The lowest BCUT2D eigenvalue weighted by Gasteiger charge is -2.28. The Morgan fingerprint density at radius 2 is 2.24 bits per heavy atom. The van der Waals surface area contributed by atoms with Crippen molar-refractivity contribution in [2.75, 3.05) is 18.4 Å². The van der Waals surface area contributed by atoms with Gasteiger partial charge < -0.3 is 10.6 Å². The van der Waals surface area contributed by atoms with Crippen LogP contribution in [0.25, 0.3) is 0 Å². The van der Waals surface area contributed by atoms with Gasteiger partial charge in [0.25, 0.3) is 0 Å². The van der Waals surface area contributed by atoms with E-state index in [0.717, 1.165) is 32.0 Å². The Bertz CT molecular complexity index is 479. The molecule has 0 bridgehead atoms. The second-order valence-electron chi connectivity index (χ2n) is 5.44. The predicted octanol–water partition coefficient (Wildman–Crippen LogP) is 3.35. The third kappa shape index (κ3) is 4.93. The van der Waals surface area contributed by atoms with Crippen molar-refractivity contribution < 1.29 is 13.6 Å². The van der Waals surface area contributed by atoms with Gasteiger partial charge in [-0.2, -0.15) is 0 Å². The first kappa shape index (κ1) is 17.9. The Balaban J connectivity index is 0.00000220. The molecule has 2 rings (SSSR count). The summed E-state index contributed by atoms with van der Waals surface area (Å²) < 4.78 is 26.5. The molecule has 1 heterocycles. The van der Waals surface area contributed by atoms with E-state index in [1.54, 1.807) is 0 Å². The fourth-order valence-electron chi connectivity index (χ4n) is 2.63. The summed E-state index contributed by atoms with van der Waals surface area (Å²) in [7, 11) is 0. The standard InChI is InChI=1S/C15H20F2N2O.ClH/c1-10(11-4-3-7-18-9-11)8-14(20)19-13-6-2-5-12(16)15(13)17;/h2,5-6,10-11,18H,3-4,7-9H2,1H3,(H,19,20);1H. The highest BCUT2D eigenvalue weighted by atomic mass is 35.5. The molecule has 1 aliphatic rings. The maximum absolute atomic E-state index is 13.5. The number of hydrogen-bond donors (Lipinski definition) is 2. The molecule has 2 unspecified atom stereocenters. The predicted molar refractivity (Wildman–Crippen MR) is 81.6 cm³/mol. The van der Waals surface area contributed by atoms with Gasteiger partial charge in [-0.25, -0.2) is 8.78 Å². The van der Waals surface area contributed by atoms with Crippen LogP contribution in [0.3, 0.4) is 0 Å². The smallest absolute Gasteiger partial charge is 0.224 e. The van der Waals surface area contributed by atoms with E-state index in [2.05, 4.69) is 10.6 Å². The number of rotatable bonds is 4. The normalized spacial score (nSPS) is 19.5. The molecule has 0 saturated carbocycles. The maximum Gasteiger partial charge on any atom is 0.224 e. The van der Waals surface area contributed by atoms with Crippen LogP contribution in [-0.2, 0) is 4.79 Å². The van der Waals surface area contributed by atoms with Crippen molar-refractivity contribution in [2.24, 2.45) is 11.8 Å². The van der Waals surface area contributed by atoms with Crippen molar-refractivity contribution in [3.8, 4) is 0 Å². The monoisotopic (exact) mass is 318 g/mol. The van der Waals surface area contributed by atoms with Gasteiger partial charge in [-0.15, -0.1) is 12.4 Å². The Morgan fingerprint density at radius 3 is 2.90 bits per heavy atom.